The van der Waals surface area contributed by atoms with Gasteiger partial charge in [0.15, 0.2) is 0 Å². The number of benzene rings is 1. The van der Waals surface area contributed by atoms with Crippen molar-refractivity contribution in [3.63, 3.8) is 0 Å². The summed E-state index contributed by atoms with van der Waals surface area (Å²) in [6.45, 7) is 6.04. The summed E-state index contributed by atoms with van der Waals surface area (Å²) in [7, 11) is 0. The molecule has 2 heterocycles. The van der Waals surface area contributed by atoms with Crippen molar-refractivity contribution in [3.05, 3.63) is 34.1 Å². The van der Waals surface area contributed by atoms with Gasteiger partial charge in [0.1, 0.15) is 11.6 Å². The Labute approximate surface area is 144 Å². The Balaban J connectivity index is 2.01. The molecule has 0 saturated carbocycles. The fourth-order valence-corrected chi connectivity index (χ4v) is 2.51. The van der Waals surface area contributed by atoms with E-state index < -0.39 is 17.5 Å². The van der Waals surface area contributed by atoms with Crippen LogP contribution >= 0.6 is 0 Å². The van der Waals surface area contributed by atoms with Gasteiger partial charge in [-0.15, -0.1) is 5.10 Å². The van der Waals surface area contributed by atoms with Crippen LogP contribution < -0.4 is 10.9 Å². The first-order chi connectivity index (χ1) is 11.7. The number of imide groups is 1. The van der Waals surface area contributed by atoms with Crippen LogP contribution in [0.2, 0.25) is 0 Å². The highest BCUT2D eigenvalue weighted by Gasteiger charge is 2.30. The number of nitrogens with one attached hydrogen (secondary N) is 1. The monoisotopic (exact) mass is 338 g/mol. The first-order valence-electron chi connectivity index (χ1n) is 8.01. The molecule has 7 heteroatoms. The molecule has 1 aromatic heterocycles. The van der Waals surface area contributed by atoms with Gasteiger partial charge in [-0.1, -0.05) is 17.1 Å². The lowest BCUT2D eigenvalue weighted by atomic mass is 9.97. The van der Waals surface area contributed by atoms with Crippen LogP contribution in [-0.4, -0.2) is 26.8 Å². The average Bonchev–Trinajstić information content (AvgIpc) is 2.53. The van der Waals surface area contributed by atoms with E-state index in [0.717, 1.165) is 10.2 Å². The smallest absolute Gasteiger partial charge is 0.278 e. The molecule has 0 radical (unpaired) electrons. The lowest BCUT2D eigenvalue weighted by molar-refractivity contribution is -0.136. The predicted molar refractivity (Wildman–Crippen MR) is 91.6 cm³/mol. The van der Waals surface area contributed by atoms with E-state index in [1.165, 1.54) is 0 Å². The largest absolute Gasteiger partial charge is 0.295 e. The summed E-state index contributed by atoms with van der Waals surface area (Å²) in [5.74, 6) is 5.31. The van der Waals surface area contributed by atoms with Gasteiger partial charge in [-0.25, -0.2) is 0 Å². The number of carbonyl (C=O) groups excluding carboxylic acids is 2. The number of nitrogens with zero attached hydrogens (tertiary/aromatic N) is 3. The summed E-state index contributed by atoms with van der Waals surface area (Å²) in [4.78, 5) is 35.8. The van der Waals surface area contributed by atoms with Gasteiger partial charge in [-0.2, -0.15) is 4.68 Å². The number of piperidine rings is 1. The molecule has 1 aliphatic rings. The number of hydrogen-bond donors (Lipinski definition) is 1. The molecule has 1 aliphatic heterocycles. The maximum absolute atomic E-state index is 12.6. The van der Waals surface area contributed by atoms with Crippen LogP contribution in [0.3, 0.4) is 0 Å². The normalized spacial score (nSPS) is 17.8. The van der Waals surface area contributed by atoms with Crippen molar-refractivity contribution in [3.8, 4) is 11.8 Å². The molecule has 0 aliphatic carbocycles. The Morgan fingerprint density at radius 3 is 2.68 bits per heavy atom. The third-order valence-electron chi connectivity index (χ3n) is 3.77. The number of amides is 2. The molecule has 3 rings (SSSR count). The minimum Gasteiger partial charge on any atom is -0.295 e. The molecule has 1 atom stereocenters. The number of carbonyl (C=O) groups is 2. The second kappa shape index (κ2) is 6.13. The highest BCUT2D eigenvalue weighted by molar-refractivity contribution is 5.99. The van der Waals surface area contributed by atoms with Crippen LogP contribution in [0.25, 0.3) is 10.9 Å². The van der Waals surface area contributed by atoms with Crippen LogP contribution in [0.1, 0.15) is 45.2 Å². The summed E-state index contributed by atoms with van der Waals surface area (Å²) in [6.07, 6.45) is 0.407. The van der Waals surface area contributed by atoms with Crippen molar-refractivity contribution >= 4 is 22.7 Å². The Morgan fingerprint density at radius 1 is 1.24 bits per heavy atom. The molecule has 1 saturated heterocycles. The van der Waals surface area contributed by atoms with Crippen molar-refractivity contribution < 1.29 is 9.59 Å². The first-order valence-corrected chi connectivity index (χ1v) is 8.01. The summed E-state index contributed by atoms with van der Waals surface area (Å²) in [6, 6.07) is 4.28. The fraction of sp³-hybridized carbons (Fsp3) is 0.389. The van der Waals surface area contributed by atoms with Crippen molar-refractivity contribution in [2.75, 3.05) is 0 Å². The number of fused-ring (bicyclic) bond motifs is 1. The zero-order chi connectivity index (χ0) is 18.2. The van der Waals surface area contributed by atoms with Gasteiger partial charge >= 0.3 is 0 Å². The van der Waals surface area contributed by atoms with Crippen LogP contribution in [0.15, 0.2) is 23.0 Å². The highest BCUT2D eigenvalue weighted by Crippen LogP contribution is 2.17. The molecular formula is C18H18N4O3. The van der Waals surface area contributed by atoms with E-state index in [9.17, 15) is 14.4 Å². The van der Waals surface area contributed by atoms with Crippen LogP contribution in [0.4, 0.5) is 0 Å². The van der Waals surface area contributed by atoms with Gasteiger partial charge < -0.3 is 0 Å². The zero-order valence-electron chi connectivity index (χ0n) is 14.3. The number of aromatic nitrogens is 3. The highest BCUT2D eigenvalue weighted by atomic mass is 16.2. The summed E-state index contributed by atoms with van der Waals surface area (Å²) >= 11 is 0. The molecule has 1 aromatic carbocycles. The maximum Gasteiger partial charge on any atom is 0.278 e. The molecular weight excluding hydrogens is 320 g/mol. The molecule has 2 amide bonds. The van der Waals surface area contributed by atoms with Gasteiger partial charge in [0.05, 0.1) is 5.39 Å². The van der Waals surface area contributed by atoms with E-state index in [1.807, 2.05) is 20.8 Å². The van der Waals surface area contributed by atoms with Gasteiger partial charge in [-0.05, 0) is 45.4 Å². The van der Waals surface area contributed by atoms with Crippen LogP contribution in [-0.2, 0) is 9.59 Å². The molecule has 1 N–H and O–H groups in total. The Hall–Kier alpha value is -3.01. The molecule has 0 spiro atoms. The third kappa shape index (κ3) is 3.58. The van der Waals surface area contributed by atoms with Crippen LogP contribution in [0, 0.1) is 17.3 Å². The summed E-state index contributed by atoms with van der Waals surface area (Å²) in [5, 5.41) is 10.5. The predicted octanol–water partition coefficient (Wildman–Crippen LogP) is 1.17. The van der Waals surface area contributed by atoms with E-state index in [1.54, 1.807) is 18.2 Å². The van der Waals surface area contributed by atoms with E-state index in [-0.39, 0.29) is 24.2 Å². The summed E-state index contributed by atoms with van der Waals surface area (Å²) in [5.41, 5.74) is 0.634. The summed E-state index contributed by atoms with van der Waals surface area (Å²) < 4.78 is 1.05. The SMILES string of the molecule is CC(C)(C)C#Cc1ccc2c(=O)n(C3CCC(=O)NC3=O)nnc2c1. The topological polar surface area (TPSA) is 94.0 Å². The quantitative estimate of drug-likeness (QED) is 0.622. The van der Waals surface area contributed by atoms with E-state index in [4.69, 9.17) is 0 Å². The minimum absolute atomic E-state index is 0.129. The number of hydrogen-bond acceptors (Lipinski definition) is 5. The maximum atomic E-state index is 12.6. The average molecular weight is 338 g/mol. The van der Waals surface area contributed by atoms with Crippen molar-refractivity contribution in [2.45, 2.75) is 39.7 Å². The van der Waals surface area contributed by atoms with Gasteiger partial charge in [0.2, 0.25) is 5.91 Å². The van der Waals surface area contributed by atoms with E-state index >= 15 is 0 Å². The Morgan fingerprint density at radius 2 is 2.00 bits per heavy atom. The first kappa shape index (κ1) is 16.8. The second-order valence-electron chi connectivity index (χ2n) is 7.04. The van der Waals surface area contributed by atoms with Crippen LogP contribution in [0.5, 0.6) is 0 Å². The molecule has 128 valence electrons. The molecule has 0 bridgehead atoms. The standard InChI is InChI=1S/C18H18N4O3/c1-18(2,3)9-8-11-4-5-12-13(10-11)20-21-22(17(12)25)14-6-7-15(23)19-16(14)24/h4-5,10,14H,6-7H2,1-3H3,(H,19,23,24). The second-order valence-corrected chi connectivity index (χ2v) is 7.04. The van der Waals surface area contributed by atoms with E-state index in [2.05, 4.69) is 27.5 Å². The van der Waals surface area contributed by atoms with Crippen molar-refractivity contribution in [1.82, 2.24) is 20.3 Å². The number of rotatable bonds is 1. The Bertz CT molecular complexity index is 989. The zero-order valence-corrected chi connectivity index (χ0v) is 14.3. The Kier molecular flexibility index (Phi) is 4.13. The van der Waals surface area contributed by atoms with Crippen molar-refractivity contribution in [2.24, 2.45) is 5.41 Å². The lowest BCUT2D eigenvalue weighted by Crippen LogP contribution is -2.45. The molecule has 1 fully saturated rings. The van der Waals surface area contributed by atoms with Crippen molar-refractivity contribution in [1.29, 1.82) is 0 Å². The molecule has 1 unspecified atom stereocenters. The minimum atomic E-state index is -0.817. The molecule has 2 aromatic rings. The fourth-order valence-electron chi connectivity index (χ4n) is 2.51. The molecule has 7 nitrogen and oxygen atoms in total. The van der Waals surface area contributed by atoms with Gasteiger partial charge in [0.25, 0.3) is 11.5 Å². The third-order valence-corrected chi connectivity index (χ3v) is 3.77. The lowest BCUT2D eigenvalue weighted by Gasteiger charge is -2.21. The molecule has 25 heavy (non-hydrogen) atoms. The van der Waals surface area contributed by atoms with Gasteiger partial charge in [-0.3, -0.25) is 19.7 Å². The van der Waals surface area contributed by atoms with E-state index in [0.29, 0.717) is 10.9 Å². The van der Waals surface area contributed by atoms with Gasteiger partial charge in [0, 0.05) is 17.4 Å².